The van der Waals surface area contributed by atoms with Gasteiger partial charge in [-0.25, -0.2) is 0 Å². The first-order valence-electron chi connectivity index (χ1n) is 4.48. The number of rotatable bonds is 2. The molecule has 0 spiro atoms. The van der Waals surface area contributed by atoms with Gasteiger partial charge in [-0.15, -0.1) is 0 Å². The zero-order valence-electron chi connectivity index (χ0n) is 7.33. The van der Waals surface area contributed by atoms with Crippen molar-refractivity contribution >= 4 is 0 Å². The van der Waals surface area contributed by atoms with Gasteiger partial charge in [0.25, 0.3) is 0 Å². The fraction of sp³-hybridized carbons (Fsp3) is 0.455. The minimum Gasteiger partial charge on any atom is -0.396 e. The molecule has 0 amide bonds. The van der Waals surface area contributed by atoms with Gasteiger partial charge in [0.05, 0.1) is 0 Å². The Balaban J connectivity index is 2.14. The molecule has 0 bridgehead atoms. The third-order valence-electron chi connectivity index (χ3n) is 2.63. The normalized spacial score (nSPS) is 27.2. The van der Waals surface area contributed by atoms with Crippen LogP contribution in [-0.2, 0) is 0 Å². The molecule has 1 heteroatoms. The van der Waals surface area contributed by atoms with Crippen molar-refractivity contribution in [2.45, 2.75) is 19.3 Å². The highest BCUT2D eigenvalue weighted by molar-refractivity contribution is 5.29. The largest absolute Gasteiger partial charge is 0.396 e. The molecule has 1 aromatic rings. The van der Waals surface area contributed by atoms with Crippen LogP contribution in [0.15, 0.2) is 24.3 Å². The maximum Gasteiger partial charge on any atom is 0.0465 e. The fourth-order valence-corrected chi connectivity index (χ4v) is 1.76. The Morgan fingerprint density at radius 1 is 1.50 bits per heavy atom. The Labute approximate surface area is 73.0 Å². The molecule has 0 unspecified atom stereocenters. The van der Waals surface area contributed by atoms with E-state index < -0.39 is 0 Å². The zero-order valence-corrected chi connectivity index (χ0v) is 7.33. The Kier molecular flexibility index (Phi) is 1.89. The van der Waals surface area contributed by atoms with E-state index in [0.29, 0.717) is 18.4 Å². The molecule has 0 aromatic heterocycles. The molecule has 1 saturated carbocycles. The monoisotopic (exact) mass is 162 g/mol. The van der Waals surface area contributed by atoms with Crippen molar-refractivity contribution in [3.63, 3.8) is 0 Å². The number of aliphatic hydroxyl groups is 1. The molecule has 1 aliphatic rings. The number of benzene rings is 1. The van der Waals surface area contributed by atoms with Crippen LogP contribution in [0.3, 0.4) is 0 Å². The van der Waals surface area contributed by atoms with E-state index in [0.717, 1.165) is 0 Å². The standard InChI is InChI=1S/C11H14O/c1-8-3-2-4-9(5-8)11-6-10(11)7-12/h2-5,10-12H,6-7H2,1H3/t10-,11-/m1/s1. The fourth-order valence-electron chi connectivity index (χ4n) is 1.76. The minimum atomic E-state index is 0.346. The van der Waals surface area contributed by atoms with E-state index in [1.54, 1.807) is 0 Å². The van der Waals surface area contributed by atoms with Crippen molar-refractivity contribution in [3.8, 4) is 0 Å². The van der Waals surface area contributed by atoms with Gasteiger partial charge in [-0.1, -0.05) is 29.8 Å². The average Bonchev–Trinajstić information content (AvgIpc) is 2.83. The second-order valence-corrected chi connectivity index (χ2v) is 3.70. The summed E-state index contributed by atoms with van der Waals surface area (Å²) in [5.41, 5.74) is 2.71. The van der Waals surface area contributed by atoms with Crippen molar-refractivity contribution in [3.05, 3.63) is 35.4 Å². The quantitative estimate of drug-likeness (QED) is 0.706. The zero-order chi connectivity index (χ0) is 8.55. The number of aryl methyl sites for hydroxylation is 1. The van der Waals surface area contributed by atoms with Gasteiger partial charge in [0.2, 0.25) is 0 Å². The van der Waals surface area contributed by atoms with Crippen LogP contribution in [0.1, 0.15) is 23.5 Å². The predicted molar refractivity (Wildman–Crippen MR) is 49.1 cm³/mol. The highest BCUT2D eigenvalue weighted by Gasteiger charge is 2.37. The third kappa shape index (κ3) is 1.37. The van der Waals surface area contributed by atoms with Crippen LogP contribution in [0.2, 0.25) is 0 Å². The van der Waals surface area contributed by atoms with E-state index in [4.69, 9.17) is 5.11 Å². The van der Waals surface area contributed by atoms with E-state index in [1.165, 1.54) is 17.5 Å². The molecule has 0 heterocycles. The van der Waals surface area contributed by atoms with Crippen molar-refractivity contribution in [2.75, 3.05) is 6.61 Å². The van der Waals surface area contributed by atoms with Crippen LogP contribution >= 0.6 is 0 Å². The molecule has 0 aliphatic heterocycles. The summed E-state index contributed by atoms with van der Waals surface area (Å²) in [4.78, 5) is 0. The van der Waals surface area contributed by atoms with Gasteiger partial charge in [-0.3, -0.25) is 0 Å². The summed E-state index contributed by atoms with van der Waals surface area (Å²) in [6.07, 6.45) is 1.17. The molecule has 2 atom stereocenters. The molecule has 0 saturated heterocycles. The number of hydrogen-bond acceptors (Lipinski definition) is 1. The van der Waals surface area contributed by atoms with Gasteiger partial charge >= 0.3 is 0 Å². The number of aliphatic hydroxyl groups excluding tert-OH is 1. The van der Waals surface area contributed by atoms with Gasteiger partial charge < -0.3 is 5.11 Å². The molecule has 1 fully saturated rings. The summed E-state index contributed by atoms with van der Waals surface area (Å²) in [6.45, 7) is 2.46. The first-order chi connectivity index (χ1) is 5.81. The maximum absolute atomic E-state index is 8.91. The van der Waals surface area contributed by atoms with E-state index in [-0.39, 0.29) is 0 Å². The summed E-state index contributed by atoms with van der Waals surface area (Å²) in [5.74, 6) is 1.17. The lowest BCUT2D eigenvalue weighted by Crippen LogP contribution is -1.88. The Morgan fingerprint density at radius 2 is 2.33 bits per heavy atom. The van der Waals surface area contributed by atoms with Crippen molar-refractivity contribution in [1.82, 2.24) is 0 Å². The molecule has 12 heavy (non-hydrogen) atoms. The van der Waals surface area contributed by atoms with Crippen molar-refractivity contribution in [1.29, 1.82) is 0 Å². The van der Waals surface area contributed by atoms with Gasteiger partial charge in [0, 0.05) is 6.61 Å². The Hall–Kier alpha value is -0.820. The van der Waals surface area contributed by atoms with Crippen LogP contribution in [0.4, 0.5) is 0 Å². The molecule has 1 aromatic carbocycles. The van der Waals surface area contributed by atoms with Crippen LogP contribution in [0.25, 0.3) is 0 Å². The Bertz CT molecular complexity index is 280. The smallest absolute Gasteiger partial charge is 0.0465 e. The maximum atomic E-state index is 8.91. The highest BCUT2D eigenvalue weighted by Crippen LogP contribution is 2.46. The van der Waals surface area contributed by atoms with Gasteiger partial charge in [-0.05, 0) is 30.7 Å². The first kappa shape index (κ1) is 7.81. The summed E-state index contributed by atoms with van der Waals surface area (Å²) in [7, 11) is 0. The minimum absolute atomic E-state index is 0.346. The van der Waals surface area contributed by atoms with Crippen LogP contribution in [0, 0.1) is 12.8 Å². The summed E-state index contributed by atoms with van der Waals surface area (Å²) in [5, 5.41) is 8.91. The molecule has 64 valence electrons. The van der Waals surface area contributed by atoms with Gasteiger partial charge in [0.1, 0.15) is 0 Å². The summed E-state index contributed by atoms with van der Waals surface area (Å²) in [6, 6.07) is 8.59. The molecular weight excluding hydrogens is 148 g/mol. The van der Waals surface area contributed by atoms with E-state index in [1.807, 2.05) is 0 Å². The lowest BCUT2D eigenvalue weighted by Gasteiger charge is -1.99. The van der Waals surface area contributed by atoms with E-state index in [9.17, 15) is 0 Å². The highest BCUT2D eigenvalue weighted by atomic mass is 16.3. The molecule has 2 rings (SSSR count). The topological polar surface area (TPSA) is 20.2 Å². The molecule has 1 aliphatic carbocycles. The lowest BCUT2D eigenvalue weighted by atomic mass is 10.1. The second-order valence-electron chi connectivity index (χ2n) is 3.70. The second kappa shape index (κ2) is 2.91. The van der Waals surface area contributed by atoms with Crippen LogP contribution in [-0.4, -0.2) is 11.7 Å². The van der Waals surface area contributed by atoms with E-state index >= 15 is 0 Å². The molecule has 1 N–H and O–H groups in total. The third-order valence-corrected chi connectivity index (χ3v) is 2.63. The van der Waals surface area contributed by atoms with Crippen molar-refractivity contribution < 1.29 is 5.11 Å². The lowest BCUT2D eigenvalue weighted by molar-refractivity contribution is 0.274. The summed E-state index contributed by atoms with van der Waals surface area (Å²) >= 11 is 0. The SMILES string of the molecule is Cc1cccc([C@H]2C[C@@H]2CO)c1. The molecule has 1 nitrogen and oxygen atoms in total. The van der Waals surface area contributed by atoms with Gasteiger partial charge in [-0.2, -0.15) is 0 Å². The Morgan fingerprint density at radius 3 is 2.92 bits per heavy atom. The first-order valence-corrected chi connectivity index (χ1v) is 4.48. The average molecular weight is 162 g/mol. The predicted octanol–water partition coefficient (Wildman–Crippen LogP) is 2.09. The summed E-state index contributed by atoms with van der Waals surface area (Å²) < 4.78 is 0. The number of hydrogen-bond donors (Lipinski definition) is 1. The molecule has 0 radical (unpaired) electrons. The molecular formula is C11H14O. The van der Waals surface area contributed by atoms with Crippen molar-refractivity contribution in [2.24, 2.45) is 5.92 Å². The van der Waals surface area contributed by atoms with E-state index in [2.05, 4.69) is 31.2 Å². The van der Waals surface area contributed by atoms with Gasteiger partial charge in [0.15, 0.2) is 0 Å². The van der Waals surface area contributed by atoms with Crippen LogP contribution < -0.4 is 0 Å². The van der Waals surface area contributed by atoms with Crippen LogP contribution in [0.5, 0.6) is 0 Å².